The predicted octanol–water partition coefficient (Wildman–Crippen LogP) is 1.22. The molecular weight excluding hydrogens is 246 g/mol. The second-order valence-corrected chi connectivity index (χ2v) is 3.26. The summed E-state index contributed by atoms with van der Waals surface area (Å²) < 4.78 is 0. The third kappa shape index (κ3) is 4.29. The predicted molar refractivity (Wildman–Crippen MR) is 65.9 cm³/mol. The fourth-order valence-electron chi connectivity index (χ4n) is 1.14. The number of carboxylic acid groups (broad SMARTS) is 1. The smallest absolute Gasteiger partial charge is 0.310 e. The number of guanidine groups is 1. The molecule has 5 N–H and O–H groups in total. The van der Waals surface area contributed by atoms with Gasteiger partial charge in [-0.3, -0.25) is 10.0 Å². The summed E-state index contributed by atoms with van der Waals surface area (Å²) >= 11 is 0. The zero-order valence-electron chi connectivity index (χ0n) is 9.12. The first-order valence-electron chi connectivity index (χ1n) is 4.61. The minimum Gasteiger partial charge on any atom is -0.481 e. The molecule has 0 saturated carbocycles. The molecule has 0 aliphatic heterocycles. The van der Waals surface area contributed by atoms with Gasteiger partial charge >= 0.3 is 5.97 Å². The molecule has 0 aliphatic rings. The van der Waals surface area contributed by atoms with Crippen LogP contribution in [0.1, 0.15) is 18.4 Å². The van der Waals surface area contributed by atoms with Gasteiger partial charge in [-0.15, -0.1) is 12.4 Å². The number of hydrogen-bond acceptors (Lipinski definition) is 3. The lowest BCUT2D eigenvalue weighted by Crippen LogP contribution is -2.27. The Morgan fingerprint density at radius 2 is 1.94 bits per heavy atom. The van der Waals surface area contributed by atoms with Crippen LogP contribution in [-0.4, -0.2) is 22.2 Å². The Hall–Kier alpha value is -1.79. The number of aliphatic imine (C=N–C) groups is 1. The van der Waals surface area contributed by atoms with Crippen LogP contribution < -0.4 is 11.2 Å². The molecule has 0 heterocycles. The Kier molecular flexibility index (Phi) is 6.01. The van der Waals surface area contributed by atoms with Crippen LogP contribution in [0.5, 0.6) is 0 Å². The van der Waals surface area contributed by atoms with Crippen molar-refractivity contribution in [1.29, 1.82) is 0 Å². The van der Waals surface area contributed by atoms with Gasteiger partial charge < -0.3 is 10.8 Å². The summed E-state index contributed by atoms with van der Waals surface area (Å²) in [6, 6.07) is 6.56. The van der Waals surface area contributed by atoms with E-state index in [9.17, 15) is 4.79 Å². The van der Waals surface area contributed by atoms with Crippen molar-refractivity contribution in [3.05, 3.63) is 29.8 Å². The highest BCUT2D eigenvalue weighted by Crippen LogP contribution is 2.19. The first-order valence-corrected chi connectivity index (χ1v) is 4.61. The van der Waals surface area contributed by atoms with Gasteiger partial charge in [0.15, 0.2) is 0 Å². The summed E-state index contributed by atoms with van der Waals surface area (Å²) in [6.45, 7) is 1.60. The molecule has 94 valence electrons. The van der Waals surface area contributed by atoms with Crippen molar-refractivity contribution in [2.45, 2.75) is 12.8 Å². The molecule has 17 heavy (non-hydrogen) atoms. The molecule has 6 nitrogen and oxygen atoms in total. The van der Waals surface area contributed by atoms with Crippen molar-refractivity contribution in [2.75, 3.05) is 0 Å². The van der Waals surface area contributed by atoms with Gasteiger partial charge in [-0.2, -0.15) is 0 Å². The standard InChI is InChI=1S/C10H13N3O3.ClH/c1-6(9(14)15)7-2-4-8(5-3-7)12-10(11)13-16;/h2-6,16H,1H3,(H,14,15)(H3,11,12,13);1H. The highest BCUT2D eigenvalue weighted by Gasteiger charge is 2.12. The summed E-state index contributed by atoms with van der Waals surface area (Å²) in [5, 5.41) is 17.2. The number of nitrogens with zero attached hydrogens (tertiary/aromatic N) is 1. The second kappa shape index (κ2) is 6.72. The molecule has 0 aromatic heterocycles. The molecule has 7 heteroatoms. The number of aliphatic carboxylic acids is 1. The molecule has 0 spiro atoms. The molecule has 0 amide bonds. The number of nitrogens with two attached hydrogens (primary N) is 1. The van der Waals surface area contributed by atoms with E-state index in [0.29, 0.717) is 11.3 Å². The molecule has 0 radical (unpaired) electrons. The van der Waals surface area contributed by atoms with Gasteiger partial charge in [0.1, 0.15) is 0 Å². The van der Waals surface area contributed by atoms with Crippen LogP contribution in [0.2, 0.25) is 0 Å². The zero-order valence-corrected chi connectivity index (χ0v) is 9.94. The normalized spacial score (nSPS) is 12.5. The largest absolute Gasteiger partial charge is 0.481 e. The number of rotatable bonds is 3. The minimum absolute atomic E-state index is 0. The van der Waals surface area contributed by atoms with Crippen LogP contribution in [-0.2, 0) is 4.79 Å². The van der Waals surface area contributed by atoms with E-state index in [1.54, 1.807) is 36.7 Å². The van der Waals surface area contributed by atoms with Gasteiger partial charge in [0, 0.05) is 0 Å². The lowest BCUT2D eigenvalue weighted by molar-refractivity contribution is -0.138. The van der Waals surface area contributed by atoms with Gasteiger partial charge in [-0.05, 0) is 24.6 Å². The molecule has 0 saturated heterocycles. The van der Waals surface area contributed by atoms with Gasteiger partial charge in [0.05, 0.1) is 11.6 Å². The van der Waals surface area contributed by atoms with E-state index in [0.717, 1.165) is 0 Å². The molecule has 0 bridgehead atoms. The Labute approximate surface area is 105 Å². The van der Waals surface area contributed by atoms with Crippen molar-refractivity contribution < 1.29 is 15.1 Å². The Balaban J connectivity index is 0.00000256. The van der Waals surface area contributed by atoms with Crippen molar-refractivity contribution >= 4 is 30.0 Å². The van der Waals surface area contributed by atoms with E-state index in [2.05, 4.69) is 4.99 Å². The first kappa shape index (κ1) is 15.2. The van der Waals surface area contributed by atoms with Crippen LogP contribution in [0.15, 0.2) is 29.3 Å². The Morgan fingerprint density at radius 1 is 1.41 bits per heavy atom. The number of nitrogens with one attached hydrogen (secondary N) is 1. The summed E-state index contributed by atoms with van der Waals surface area (Å²) in [5.74, 6) is -1.57. The SMILES string of the molecule is CC(C(=O)O)c1ccc(N=C(N)NO)cc1.Cl. The van der Waals surface area contributed by atoms with Gasteiger partial charge in [-0.1, -0.05) is 12.1 Å². The summed E-state index contributed by atoms with van der Waals surface area (Å²) in [7, 11) is 0. The van der Waals surface area contributed by atoms with E-state index in [1.807, 2.05) is 0 Å². The number of halogens is 1. The van der Waals surface area contributed by atoms with Gasteiger partial charge in [0.2, 0.25) is 5.96 Å². The van der Waals surface area contributed by atoms with E-state index in [-0.39, 0.29) is 18.4 Å². The highest BCUT2D eigenvalue weighted by atomic mass is 35.5. The highest BCUT2D eigenvalue weighted by molar-refractivity contribution is 5.85. The van der Waals surface area contributed by atoms with Crippen LogP contribution >= 0.6 is 12.4 Å². The molecule has 1 rings (SSSR count). The maximum absolute atomic E-state index is 10.7. The van der Waals surface area contributed by atoms with E-state index >= 15 is 0 Å². The molecule has 1 aromatic carbocycles. The fourth-order valence-corrected chi connectivity index (χ4v) is 1.14. The van der Waals surface area contributed by atoms with Gasteiger partial charge in [-0.25, -0.2) is 10.5 Å². The number of hydroxylamine groups is 1. The number of carbonyl (C=O) groups is 1. The summed E-state index contributed by atoms with van der Waals surface area (Å²) in [6.07, 6.45) is 0. The quantitative estimate of drug-likeness (QED) is 0.371. The number of benzene rings is 1. The summed E-state index contributed by atoms with van der Waals surface area (Å²) in [4.78, 5) is 14.5. The molecule has 0 aliphatic carbocycles. The van der Waals surface area contributed by atoms with Crippen LogP contribution in [0.4, 0.5) is 5.69 Å². The fraction of sp³-hybridized carbons (Fsp3) is 0.200. The third-order valence-corrected chi connectivity index (χ3v) is 2.13. The number of carboxylic acids is 1. The molecule has 0 fully saturated rings. The van der Waals surface area contributed by atoms with Crippen LogP contribution in [0.25, 0.3) is 0 Å². The average molecular weight is 260 g/mol. The molecule has 1 atom stereocenters. The number of hydrogen-bond donors (Lipinski definition) is 4. The Bertz CT molecular complexity index is 406. The average Bonchev–Trinajstić information content (AvgIpc) is 2.28. The van der Waals surface area contributed by atoms with Crippen molar-refractivity contribution in [1.82, 2.24) is 5.48 Å². The minimum atomic E-state index is -0.882. The zero-order chi connectivity index (χ0) is 12.1. The second-order valence-electron chi connectivity index (χ2n) is 3.26. The van der Waals surface area contributed by atoms with E-state index < -0.39 is 11.9 Å². The summed E-state index contributed by atoms with van der Waals surface area (Å²) in [5.41, 5.74) is 8.16. The van der Waals surface area contributed by atoms with Crippen LogP contribution in [0, 0.1) is 0 Å². The van der Waals surface area contributed by atoms with E-state index in [1.165, 1.54) is 0 Å². The molecular formula is C10H14ClN3O3. The van der Waals surface area contributed by atoms with Gasteiger partial charge in [0.25, 0.3) is 0 Å². The maximum atomic E-state index is 10.7. The lowest BCUT2D eigenvalue weighted by Gasteiger charge is -2.06. The van der Waals surface area contributed by atoms with Crippen molar-refractivity contribution in [3.63, 3.8) is 0 Å². The van der Waals surface area contributed by atoms with Crippen molar-refractivity contribution in [3.8, 4) is 0 Å². The lowest BCUT2D eigenvalue weighted by atomic mass is 10.0. The first-order chi connectivity index (χ1) is 7.54. The topological polar surface area (TPSA) is 108 Å². The molecule has 1 aromatic rings. The van der Waals surface area contributed by atoms with Crippen LogP contribution in [0.3, 0.4) is 0 Å². The van der Waals surface area contributed by atoms with E-state index in [4.69, 9.17) is 16.0 Å². The van der Waals surface area contributed by atoms with Crippen molar-refractivity contribution in [2.24, 2.45) is 10.7 Å². The Morgan fingerprint density at radius 3 is 2.35 bits per heavy atom. The monoisotopic (exact) mass is 259 g/mol. The molecule has 1 unspecified atom stereocenters. The maximum Gasteiger partial charge on any atom is 0.310 e. The third-order valence-electron chi connectivity index (χ3n) is 2.13.